The van der Waals surface area contributed by atoms with Crippen molar-refractivity contribution < 1.29 is 4.79 Å². The number of hydrogen-bond donors (Lipinski definition) is 0. The van der Waals surface area contributed by atoms with Gasteiger partial charge in [-0.2, -0.15) is 0 Å². The maximum atomic E-state index is 12.5. The summed E-state index contributed by atoms with van der Waals surface area (Å²) in [5, 5.41) is 0.699. The van der Waals surface area contributed by atoms with E-state index in [1.54, 1.807) is 12.4 Å². The van der Waals surface area contributed by atoms with E-state index in [1.807, 2.05) is 11.2 Å². The van der Waals surface area contributed by atoms with Crippen molar-refractivity contribution in [3.63, 3.8) is 0 Å². The Morgan fingerprint density at radius 1 is 1.30 bits per heavy atom. The summed E-state index contributed by atoms with van der Waals surface area (Å²) in [4.78, 5) is 25.0. The lowest BCUT2D eigenvalue weighted by Gasteiger charge is -2.23. The van der Waals surface area contributed by atoms with E-state index < -0.39 is 0 Å². The van der Waals surface area contributed by atoms with E-state index in [0.29, 0.717) is 16.8 Å². The highest BCUT2D eigenvalue weighted by molar-refractivity contribution is 7.98. The van der Waals surface area contributed by atoms with Crippen molar-refractivity contribution in [1.29, 1.82) is 0 Å². The van der Waals surface area contributed by atoms with Gasteiger partial charge < -0.3 is 9.80 Å². The number of rotatable bonds is 3. The van der Waals surface area contributed by atoms with Crippen LogP contribution < -0.4 is 0 Å². The molecule has 1 amide bonds. The van der Waals surface area contributed by atoms with Crippen molar-refractivity contribution in [2.45, 2.75) is 30.5 Å². The Bertz CT molecular complexity index is 449. The third kappa shape index (κ3) is 3.70. The first kappa shape index (κ1) is 15.3. The van der Waals surface area contributed by atoms with Gasteiger partial charge in [-0.15, -0.1) is 0 Å². The molecule has 0 saturated carbocycles. The van der Waals surface area contributed by atoms with E-state index in [0.717, 1.165) is 32.4 Å². The standard InChI is InChI=1S/C14H22N4OS/c1-17(2)12-5-4-7-18(8-6-12)13(19)11-9-15-14(20-3)16-10-11/h9-10,12H,4-8H2,1-3H3. The molecule has 110 valence electrons. The van der Waals surface area contributed by atoms with Gasteiger partial charge in [0.15, 0.2) is 5.16 Å². The summed E-state index contributed by atoms with van der Waals surface area (Å²) in [6.45, 7) is 1.64. The number of hydrogen-bond acceptors (Lipinski definition) is 5. The molecule has 1 aromatic rings. The van der Waals surface area contributed by atoms with E-state index in [4.69, 9.17) is 0 Å². The van der Waals surface area contributed by atoms with Crippen molar-refractivity contribution in [3.8, 4) is 0 Å². The van der Waals surface area contributed by atoms with Gasteiger partial charge in [0.25, 0.3) is 5.91 Å². The molecule has 2 rings (SSSR count). The van der Waals surface area contributed by atoms with Gasteiger partial charge in [0, 0.05) is 31.5 Å². The highest BCUT2D eigenvalue weighted by Gasteiger charge is 2.22. The van der Waals surface area contributed by atoms with Gasteiger partial charge in [0.05, 0.1) is 5.56 Å². The van der Waals surface area contributed by atoms with Gasteiger partial charge in [-0.3, -0.25) is 4.79 Å². The third-order valence-corrected chi connectivity index (χ3v) is 4.35. The van der Waals surface area contributed by atoms with Crippen LogP contribution in [0.2, 0.25) is 0 Å². The highest BCUT2D eigenvalue weighted by Crippen LogP contribution is 2.17. The number of thioether (sulfide) groups is 1. The number of amides is 1. The maximum Gasteiger partial charge on any atom is 0.256 e. The Morgan fingerprint density at radius 2 is 2.00 bits per heavy atom. The summed E-state index contributed by atoms with van der Waals surface area (Å²) in [7, 11) is 4.22. The Balaban J connectivity index is 2.01. The normalized spacial score (nSPS) is 20.0. The molecule has 6 heteroatoms. The number of likely N-dealkylation sites (tertiary alicyclic amines) is 1. The lowest BCUT2D eigenvalue weighted by Crippen LogP contribution is -2.34. The topological polar surface area (TPSA) is 49.3 Å². The average molecular weight is 294 g/mol. The third-order valence-electron chi connectivity index (χ3n) is 3.77. The second kappa shape index (κ2) is 7.04. The van der Waals surface area contributed by atoms with Crippen LogP contribution in [-0.2, 0) is 0 Å². The zero-order valence-electron chi connectivity index (χ0n) is 12.4. The molecule has 0 aliphatic carbocycles. The number of carbonyl (C=O) groups is 1. The fraction of sp³-hybridized carbons (Fsp3) is 0.643. The molecule has 0 N–H and O–H groups in total. The fourth-order valence-corrected chi connectivity index (χ4v) is 2.83. The first-order valence-electron chi connectivity index (χ1n) is 6.93. The molecule has 1 fully saturated rings. The van der Waals surface area contributed by atoms with Crippen LogP contribution in [0.15, 0.2) is 17.6 Å². The van der Waals surface area contributed by atoms with Crippen LogP contribution in [0.25, 0.3) is 0 Å². The molecule has 5 nitrogen and oxygen atoms in total. The highest BCUT2D eigenvalue weighted by atomic mass is 32.2. The SMILES string of the molecule is CSc1ncc(C(=O)N2CCCC(N(C)C)CC2)cn1. The fourth-order valence-electron chi connectivity index (χ4n) is 2.51. The molecule has 1 saturated heterocycles. The molecule has 1 atom stereocenters. The van der Waals surface area contributed by atoms with Crippen molar-refractivity contribution in [2.24, 2.45) is 0 Å². The van der Waals surface area contributed by atoms with Crippen LogP contribution >= 0.6 is 11.8 Å². The van der Waals surface area contributed by atoms with E-state index in [-0.39, 0.29) is 5.91 Å². The van der Waals surface area contributed by atoms with Crippen molar-refractivity contribution in [3.05, 3.63) is 18.0 Å². The molecule has 1 aliphatic heterocycles. The van der Waals surface area contributed by atoms with Crippen LogP contribution in [0.1, 0.15) is 29.6 Å². The zero-order chi connectivity index (χ0) is 14.5. The van der Waals surface area contributed by atoms with E-state index in [9.17, 15) is 4.79 Å². The van der Waals surface area contributed by atoms with Crippen molar-refractivity contribution in [1.82, 2.24) is 19.8 Å². The van der Waals surface area contributed by atoms with E-state index in [2.05, 4.69) is 29.0 Å². The molecular weight excluding hydrogens is 272 g/mol. The van der Waals surface area contributed by atoms with Gasteiger partial charge in [-0.05, 0) is 39.6 Å². The second-order valence-corrected chi connectivity index (χ2v) is 6.07. The Hall–Kier alpha value is -1.14. The predicted octanol–water partition coefficient (Wildman–Crippen LogP) is 1.75. The number of carbonyl (C=O) groups excluding carboxylic acids is 1. The van der Waals surface area contributed by atoms with E-state index >= 15 is 0 Å². The van der Waals surface area contributed by atoms with E-state index in [1.165, 1.54) is 11.8 Å². The van der Waals surface area contributed by atoms with Crippen LogP contribution in [0.4, 0.5) is 0 Å². The van der Waals surface area contributed by atoms with Crippen molar-refractivity contribution in [2.75, 3.05) is 33.4 Å². The van der Waals surface area contributed by atoms with Gasteiger partial charge in [-0.1, -0.05) is 11.8 Å². The predicted molar refractivity (Wildman–Crippen MR) is 81.0 cm³/mol. The van der Waals surface area contributed by atoms with Gasteiger partial charge in [0.1, 0.15) is 0 Å². The summed E-state index contributed by atoms with van der Waals surface area (Å²) in [6, 6.07) is 0.572. The molecule has 0 bridgehead atoms. The quantitative estimate of drug-likeness (QED) is 0.628. The monoisotopic (exact) mass is 294 g/mol. The van der Waals surface area contributed by atoms with Crippen molar-refractivity contribution >= 4 is 17.7 Å². The van der Waals surface area contributed by atoms with Crippen LogP contribution in [-0.4, -0.2) is 65.2 Å². The molecular formula is C14H22N4OS. The van der Waals surface area contributed by atoms with Gasteiger partial charge in [-0.25, -0.2) is 9.97 Å². The van der Waals surface area contributed by atoms with Gasteiger partial charge in [0.2, 0.25) is 0 Å². The maximum absolute atomic E-state index is 12.5. The van der Waals surface area contributed by atoms with Gasteiger partial charge >= 0.3 is 0 Å². The first-order valence-corrected chi connectivity index (χ1v) is 8.16. The Kier molecular flexibility index (Phi) is 5.37. The van der Waals surface area contributed by atoms with Crippen LogP contribution in [0.3, 0.4) is 0 Å². The molecule has 1 aromatic heterocycles. The minimum atomic E-state index is 0.0528. The lowest BCUT2D eigenvalue weighted by atomic mass is 10.1. The second-order valence-electron chi connectivity index (χ2n) is 5.30. The smallest absolute Gasteiger partial charge is 0.256 e. The minimum absolute atomic E-state index is 0.0528. The molecule has 0 spiro atoms. The summed E-state index contributed by atoms with van der Waals surface area (Å²) < 4.78 is 0. The molecule has 0 aromatic carbocycles. The summed E-state index contributed by atoms with van der Waals surface area (Å²) in [6.07, 6.45) is 8.43. The molecule has 0 radical (unpaired) electrons. The Morgan fingerprint density at radius 3 is 2.60 bits per heavy atom. The molecule has 1 aliphatic rings. The summed E-state index contributed by atoms with van der Waals surface area (Å²) >= 11 is 1.48. The average Bonchev–Trinajstić information content (AvgIpc) is 2.72. The zero-order valence-corrected chi connectivity index (χ0v) is 13.2. The van der Waals surface area contributed by atoms with Crippen LogP contribution in [0, 0.1) is 0 Å². The lowest BCUT2D eigenvalue weighted by molar-refractivity contribution is 0.0757. The Labute approximate surface area is 124 Å². The molecule has 2 heterocycles. The number of nitrogens with zero attached hydrogens (tertiary/aromatic N) is 4. The summed E-state index contributed by atoms with van der Waals surface area (Å²) in [5.74, 6) is 0.0528. The minimum Gasteiger partial charge on any atom is -0.338 e. The number of aromatic nitrogens is 2. The molecule has 1 unspecified atom stereocenters. The summed E-state index contributed by atoms with van der Waals surface area (Å²) in [5.41, 5.74) is 0.589. The van der Waals surface area contributed by atoms with Crippen LogP contribution in [0.5, 0.6) is 0 Å². The first-order chi connectivity index (χ1) is 9.61. The largest absolute Gasteiger partial charge is 0.338 e. The molecule has 20 heavy (non-hydrogen) atoms.